The minimum atomic E-state index is -4.75. The third-order valence-electron chi connectivity index (χ3n) is 6.89. The maximum atomic E-state index is 12.9. The van der Waals surface area contributed by atoms with E-state index in [0.29, 0.717) is 12.8 Å². The summed E-state index contributed by atoms with van der Waals surface area (Å²) in [5.74, 6) is -1.65. The van der Waals surface area contributed by atoms with E-state index in [1.807, 2.05) is 0 Å². The number of carbonyl (C=O) groups is 1. The summed E-state index contributed by atoms with van der Waals surface area (Å²) in [6.07, 6.45) is 22.9. The molecule has 0 aromatic heterocycles. The van der Waals surface area contributed by atoms with Crippen molar-refractivity contribution in [1.82, 2.24) is 4.90 Å². The van der Waals surface area contributed by atoms with Crippen LogP contribution in [0, 0.1) is 0 Å². The van der Waals surface area contributed by atoms with Gasteiger partial charge in [0, 0.05) is 13.1 Å². The highest BCUT2D eigenvalue weighted by Crippen LogP contribution is 2.20. The van der Waals surface area contributed by atoms with Crippen LogP contribution in [0.5, 0.6) is 0 Å². The second kappa shape index (κ2) is 19.7. The Kier molecular flexibility index (Phi) is 18.0. The second-order valence-electron chi connectivity index (χ2n) is 9.92. The SMILES string of the molecule is O=C(N1CCCCCCCCCCCCCCCCCCCCCCCCC1)C(F)(F)F. The Bertz CT molecular complexity index is 413. The molecule has 32 heavy (non-hydrogen) atoms. The number of rotatable bonds is 0. The molecule has 1 rings (SSSR count). The molecular formula is C27H50F3NO. The van der Waals surface area contributed by atoms with Gasteiger partial charge in [0.15, 0.2) is 0 Å². The van der Waals surface area contributed by atoms with E-state index < -0.39 is 12.1 Å². The van der Waals surface area contributed by atoms with Crippen molar-refractivity contribution in [3.05, 3.63) is 0 Å². The summed E-state index contributed by atoms with van der Waals surface area (Å²) >= 11 is 0. The summed E-state index contributed by atoms with van der Waals surface area (Å²) in [6, 6.07) is 0. The van der Waals surface area contributed by atoms with Gasteiger partial charge in [0.2, 0.25) is 0 Å². The molecule has 0 atom stereocenters. The molecule has 0 aromatic carbocycles. The van der Waals surface area contributed by atoms with E-state index >= 15 is 0 Å². The van der Waals surface area contributed by atoms with Gasteiger partial charge in [0.05, 0.1) is 0 Å². The van der Waals surface area contributed by atoms with Crippen LogP contribution in [0.25, 0.3) is 0 Å². The largest absolute Gasteiger partial charge is 0.471 e. The lowest BCUT2D eigenvalue weighted by molar-refractivity contribution is -0.185. The molecule has 1 heterocycles. The minimum Gasteiger partial charge on any atom is -0.335 e. The molecule has 0 radical (unpaired) electrons. The predicted octanol–water partition coefficient (Wildman–Crippen LogP) is 9.36. The smallest absolute Gasteiger partial charge is 0.335 e. The van der Waals surface area contributed by atoms with Crippen molar-refractivity contribution in [2.45, 2.75) is 154 Å². The van der Waals surface area contributed by atoms with Crippen LogP contribution in [-0.2, 0) is 4.79 Å². The van der Waals surface area contributed by atoms with E-state index in [1.54, 1.807) is 0 Å². The zero-order valence-corrected chi connectivity index (χ0v) is 20.7. The summed E-state index contributed by atoms with van der Waals surface area (Å²) < 4.78 is 38.8. The molecule has 1 saturated heterocycles. The molecule has 0 spiro atoms. The molecule has 5 heteroatoms. The molecular weight excluding hydrogens is 411 g/mol. The van der Waals surface area contributed by atoms with Crippen LogP contribution in [0.4, 0.5) is 13.2 Å². The highest BCUT2D eigenvalue weighted by atomic mass is 19.4. The monoisotopic (exact) mass is 461 g/mol. The summed E-state index contributed by atoms with van der Waals surface area (Å²) in [5.41, 5.74) is 0. The normalized spacial score (nSPS) is 22.3. The van der Waals surface area contributed by atoms with Gasteiger partial charge in [0.25, 0.3) is 0 Å². The fourth-order valence-corrected chi connectivity index (χ4v) is 4.81. The third-order valence-corrected chi connectivity index (χ3v) is 6.89. The Labute approximate surface area is 196 Å². The molecule has 0 aliphatic carbocycles. The number of hydrogen-bond donors (Lipinski definition) is 0. The van der Waals surface area contributed by atoms with Crippen molar-refractivity contribution in [2.75, 3.05) is 13.1 Å². The quantitative estimate of drug-likeness (QED) is 0.352. The van der Waals surface area contributed by atoms with Gasteiger partial charge in [-0.15, -0.1) is 0 Å². The van der Waals surface area contributed by atoms with Gasteiger partial charge in [-0.25, -0.2) is 0 Å². The van der Waals surface area contributed by atoms with E-state index in [4.69, 9.17) is 0 Å². The summed E-state index contributed by atoms with van der Waals surface area (Å²) in [4.78, 5) is 12.8. The van der Waals surface area contributed by atoms with Crippen LogP contribution < -0.4 is 0 Å². The van der Waals surface area contributed by atoms with Gasteiger partial charge in [-0.1, -0.05) is 135 Å². The van der Waals surface area contributed by atoms with Crippen LogP contribution in [0.3, 0.4) is 0 Å². The zero-order valence-electron chi connectivity index (χ0n) is 20.7. The van der Waals surface area contributed by atoms with Gasteiger partial charge in [-0.05, 0) is 12.8 Å². The number of halogens is 3. The predicted molar refractivity (Wildman–Crippen MR) is 129 cm³/mol. The molecule has 0 unspecified atom stereocenters. The maximum Gasteiger partial charge on any atom is 0.471 e. The highest BCUT2D eigenvalue weighted by Gasteiger charge is 2.41. The number of alkyl halides is 3. The topological polar surface area (TPSA) is 20.3 Å². The first-order valence-corrected chi connectivity index (χ1v) is 13.9. The minimum absolute atomic E-state index is 0.248. The number of hydrogen-bond acceptors (Lipinski definition) is 1. The zero-order chi connectivity index (χ0) is 23.3. The van der Waals surface area contributed by atoms with Gasteiger partial charge >= 0.3 is 12.1 Å². The van der Waals surface area contributed by atoms with Crippen molar-refractivity contribution in [1.29, 1.82) is 0 Å². The number of carbonyl (C=O) groups excluding carboxylic acids is 1. The molecule has 0 saturated carbocycles. The van der Waals surface area contributed by atoms with Crippen molar-refractivity contribution in [2.24, 2.45) is 0 Å². The van der Waals surface area contributed by atoms with Crippen LogP contribution >= 0.6 is 0 Å². The molecule has 190 valence electrons. The standard InChI is InChI=1S/C27H50F3NO/c28-27(29,30)26(32)31-24-22-20-18-16-14-12-10-8-6-4-2-1-3-5-7-9-11-13-15-17-19-21-23-25-31/h1-25H2. The second-order valence-corrected chi connectivity index (χ2v) is 9.92. The van der Waals surface area contributed by atoms with Crippen LogP contribution in [0.1, 0.15) is 148 Å². The Hall–Kier alpha value is -0.740. The molecule has 2 nitrogen and oxygen atoms in total. The lowest BCUT2D eigenvalue weighted by atomic mass is 10.0. The summed E-state index contributed by atoms with van der Waals surface area (Å²) in [5, 5.41) is 0. The highest BCUT2D eigenvalue weighted by molar-refractivity contribution is 5.81. The Morgan fingerprint density at radius 2 is 0.594 bits per heavy atom. The van der Waals surface area contributed by atoms with Crippen molar-refractivity contribution in [3.63, 3.8) is 0 Å². The molecule has 0 aromatic rings. The van der Waals surface area contributed by atoms with Crippen molar-refractivity contribution in [3.8, 4) is 0 Å². The fourth-order valence-electron chi connectivity index (χ4n) is 4.81. The molecule has 1 amide bonds. The van der Waals surface area contributed by atoms with Gasteiger partial charge in [-0.2, -0.15) is 13.2 Å². The first-order valence-electron chi connectivity index (χ1n) is 13.9. The van der Waals surface area contributed by atoms with Gasteiger partial charge in [-0.3, -0.25) is 4.79 Å². The summed E-state index contributed by atoms with van der Waals surface area (Å²) in [6.45, 7) is 0.497. The molecule has 0 bridgehead atoms. The van der Waals surface area contributed by atoms with Gasteiger partial charge < -0.3 is 4.90 Å². The lowest BCUT2D eigenvalue weighted by Crippen LogP contribution is -2.42. The Morgan fingerprint density at radius 3 is 0.781 bits per heavy atom. The third kappa shape index (κ3) is 16.8. The first-order chi connectivity index (χ1) is 15.5. The lowest BCUT2D eigenvalue weighted by Gasteiger charge is -2.23. The number of amides is 1. The number of nitrogens with zero attached hydrogens (tertiary/aromatic N) is 1. The van der Waals surface area contributed by atoms with E-state index in [1.165, 1.54) is 96.3 Å². The maximum absolute atomic E-state index is 12.9. The van der Waals surface area contributed by atoms with Crippen LogP contribution in [0.15, 0.2) is 0 Å². The van der Waals surface area contributed by atoms with E-state index in [9.17, 15) is 18.0 Å². The molecule has 1 aliphatic heterocycles. The van der Waals surface area contributed by atoms with Crippen LogP contribution in [0.2, 0.25) is 0 Å². The molecule has 1 aliphatic rings. The summed E-state index contributed by atoms with van der Waals surface area (Å²) in [7, 11) is 0. The van der Waals surface area contributed by atoms with Crippen LogP contribution in [-0.4, -0.2) is 30.1 Å². The first kappa shape index (κ1) is 29.3. The Morgan fingerprint density at radius 1 is 0.406 bits per heavy atom. The fraction of sp³-hybridized carbons (Fsp3) is 0.963. The average Bonchev–Trinajstić information content (AvgIpc) is 2.75. The average molecular weight is 462 g/mol. The Balaban J connectivity index is 2.33. The molecule has 0 N–H and O–H groups in total. The van der Waals surface area contributed by atoms with Gasteiger partial charge in [0.1, 0.15) is 0 Å². The molecule has 1 fully saturated rings. The van der Waals surface area contributed by atoms with E-state index in [0.717, 1.165) is 43.4 Å². The van der Waals surface area contributed by atoms with Crippen molar-refractivity contribution < 1.29 is 18.0 Å². The van der Waals surface area contributed by atoms with Crippen molar-refractivity contribution >= 4 is 5.91 Å². The van der Waals surface area contributed by atoms with E-state index in [2.05, 4.69) is 0 Å². The van der Waals surface area contributed by atoms with E-state index in [-0.39, 0.29) is 13.1 Å².